The molecule has 1 saturated carbocycles. The second-order valence-corrected chi connectivity index (χ2v) is 9.20. The molecule has 7 heteroatoms. The van der Waals surface area contributed by atoms with E-state index in [-0.39, 0.29) is 16.9 Å². The number of amides is 1. The molecule has 0 saturated heterocycles. The number of anilines is 1. The highest BCUT2D eigenvalue weighted by Crippen LogP contribution is 2.48. The summed E-state index contributed by atoms with van der Waals surface area (Å²) in [5.41, 5.74) is 9.72. The van der Waals surface area contributed by atoms with E-state index in [0.29, 0.717) is 23.8 Å². The van der Waals surface area contributed by atoms with Crippen molar-refractivity contribution in [1.29, 1.82) is 0 Å². The average molecular weight is 459 g/mol. The van der Waals surface area contributed by atoms with Crippen LogP contribution in [0.15, 0.2) is 53.3 Å². The predicted molar refractivity (Wildman–Crippen MR) is 132 cm³/mol. The van der Waals surface area contributed by atoms with Crippen LogP contribution < -0.4 is 21.1 Å². The van der Waals surface area contributed by atoms with Crippen LogP contribution >= 0.6 is 0 Å². The Labute approximate surface area is 199 Å². The number of ether oxygens (including phenoxy) is 1. The van der Waals surface area contributed by atoms with E-state index in [1.54, 1.807) is 18.6 Å². The third-order valence-electron chi connectivity index (χ3n) is 7.19. The Kier molecular flexibility index (Phi) is 5.86. The molecule has 7 nitrogen and oxygen atoms in total. The molecule has 34 heavy (non-hydrogen) atoms. The minimum absolute atomic E-state index is 0.0835. The summed E-state index contributed by atoms with van der Waals surface area (Å²) in [6, 6.07) is 15.6. The highest BCUT2D eigenvalue weighted by Gasteiger charge is 2.43. The van der Waals surface area contributed by atoms with E-state index < -0.39 is 0 Å². The number of rotatable bonds is 5. The Morgan fingerprint density at radius 2 is 1.82 bits per heavy atom. The van der Waals surface area contributed by atoms with Gasteiger partial charge in [0, 0.05) is 17.4 Å². The zero-order chi connectivity index (χ0) is 23.7. The molecule has 5 rings (SSSR count). The van der Waals surface area contributed by atoms with Gasteiger partial charge in [-0.1, -0.05) is 50.5 Å². The van der Waals surface area contributed by atoms with Crippen LogP contribution in [0.1, 0.15) is 56.6 Å². The fourth-order valence-electron chi connectivity index (χ4n) is 5.48. The summed E-state index contributed by atoms with van der Waals surface area (Å²) in [4.78, 5) is 31.3. The van der Waals surface area contributed by atoms with Gasteiger partial charge in [0.15, 0.2) is 0 Å². The first kappa shape index (κ1) is 22.2. The highest BCUT2D eigenvalue weighted by atomic mass is 16.5. The third kappa shape index (κ3) is 3.75. The van der Waals surface area contributed by atoms with E-state index in [1.165, 1.54) is 12.0 Å². The topological polar surface area (TPSA) is 85.3 Å². The van der Waals surface area contributed by atoms with Crippen LogP contribution in [0.2, 0.25) is 0 Å². The molecule has 3 aromatic rings. The first-order valence-electron chi connectivity index (χ1n) is 12.0. The molecule has 0 bridgehead atoms. The monoisotopic (exact) mass is 458 g/mol. The molecule has 2 aliphatic carbocycles. The van der Waals surface area contributed by atoms with Crippen molar-refractivity contribution in [2.45, 2.75) is 57.3 Å². The Hall–Kier alpha value is -3.61. The van der Waals surface area contributed by atoms with Crippen molar-refractivity contribution in [3.8, 4) is 22.7 Å². The zero-order valence-electron chi connectivity index (χ0n) is 19.7. The average Bonchev–Trinajstić information content (AvgIpc) is 2.87. The summed E-state index contributed by atoms with van der Waals surface area (Å²) in [5.74, 6) is 0.810. The minimum atomic E-state index is -0.217. The van der Waals surface area contributed by atoms with Gasteiger partial charge in [0.05, 0.1) is 24.1 Å². The van der Waals surface area contributed by atoms with Gasteiger partial charge in [0.1, 0.15) is 5.75 Å². The lowest BCUT2D eigenvalue weighted by molar-refractivity contribution is -0.120. The van der Waals surface area contributed by atoms with Gasteiger partial charge in [-0.3, -0.25) is 20.4 Å². The first-order valence-corrected chi connectivity index (χ1v) is 12.0. The molecule has 0 radical (unpaired) electrons. The van der Waals surface area contributed by atoms with Crippen LogP contribution in [0.3, 0.4) is 0 Å². The highest BCUT2D eigenvalue weighted by molar-refractivity contribution is 5.77. The van der Waals surface area contributed by atoms with Gasteiger partial charge in [0.2, 0.25) is 11.9 Å². The standard InChI is InChI=1S/C27H30N4O3/c1-3-22(32)29-30-26-28-24-21-10-6-5-9-18(21)17-27(15-7-4-8-16-27)23(24)25(33)31(26)19-11-13-20(34-2)14-12-19/h5-6,9-14H,3-4,7-8,15-17H2,1-2H3,(H,28,30)(H,29,32). The minimum Gasteiger partial charge on any atom is -0.497 e. The number of hydrogen-bond donors (Lipinski definition) is 2. The SMILES string of the molecule is CCC(=O)NNc1nc2c(c(=O)n1-c1ccc(OC)cc1)C1(CCCCC1)Cc1ccccc1-2. The van der Waals surface area contributed by atoms with Gasteiger partial charge < -0.3 is 4.74 Å². The van der Waals surface area contributed by atoms with Crippen molar-refractivity contribution < 1.29 is 9.53 Å². The Bertz CT molecular complexity index is 1270. The number of hydrazine groups is 1. The third-order valence-corrected chi connectivity index (χ3v) is 7.19. The zero-order valence-corrected chi connectivity index (χ0v) is 19.7. The molecule has 1 heterocycles. The molecule has 1 spiro atoms. The Balaban J connectivity index is 1.77. The van der Waals surface area contributed by atoms with E-state index in [0.717, 1.165) is 48.9 Å². The molecule has 0 aliphatic heterocycles. The van der Waals surface area contributed by atoms with Crippen molar-refractivity contribution in [1.82, 2.24) is 15.0 Å². The Morgan fingerprint density at radius 1 is 1.09 bits per heavy atom. The van der Waals surface area contributed by atoms with E-state index in [2.05, 4.69) is 23.0 Å². The van der Waals surface area contributed by atoms with Crippen LogP contribution in [-0.2, 0) is 16.6 Å². The van der Waals surface area contributed by atoms with Crippen molar-refractivity contribution in [2.75, 3.05) is 12.5 Å². The normalized spacial score (nSPS) is 15.8. The van der Waals surface area contributed by atoms with Gasteiger partial charge >= 0.3 is 0 Å². The van der Waals surface area contributed by atoms with Crippen molar-refractivity contribution >= 4 is 11.9 Å². The molecular formula is C27H30N4O3. The van der Waals surface area contributed by atoms with Gasteiger partial charge in [-0.25, -0.2) is 9.55 Å². The van der Waals surface area contributed by atoms with E-state index in [9.17, 15) is 9.59 Å². The maximum atomic E-state index is 14.3. The first-order chi connectivity index (χ1) is 16.6. The molecule has 2 aliphatic rings. The molecule has 0 atom stereocenters. The van der Waals surface area contributed by atoms with Crippen LogP contribution in [0.25, 0.3) is 16.9 Å². The van der Waals surface area contributed by atoms with E-state index in [1.807, 2.05) is 36.4 Å². The molecule has 1 aromatic heterocycles. The smallest absolute Gasteiger partial charge is 0.263 e. The largest absolute Gasteiger partial charge is 0.497 e. The second-order valence-electron chi connectivity index (χ2n) is 9.20. The van der Waals surface area contributed by atoms with E-state index in [4.69, 9.17) is 9.72 Å². The van der Waals surface area contributed by atoms with Gasteiger partial charge in [-0.2, -0.15) is 0 Å². The summed E-state index contributed by atoms with van der Waals surface area (Å²) in [7, 11) is 1.61. The summed E-state index contributed by atoms with van der Waals surface area (Å²) in [6.07, 6.45) is 6.54. The quantitative estimate of drug-likeness (QED) is 0.549. The maximum absolute atomic E-state index is 14.3. The number of carbonyl (C=O) groups is 1. The molecule has 2 N–H and O–H groups in total. The van der Waals surface area contributed by atoms with Crippen LogP contribution in [-0.4, -0.2) is 22.6 Å². The van der Waals surface area contributed by atoms with Crippen molar-refractivity contribution in [3.05, 3.63) is 70.0 Å². The number of benzene rings is 2. The lowest BCUT2D eigenvalue weighted by Crippen LogP contribution is -2.43. The number of aromatic nitrogens is 2. The lowest BCUT2D eigenvalue weighted by atomic mass is 9.62. The number of nitrogens with zero attached hydrogens (tertiary/aromatic N) is 2. The van der Waals surface area contributed by atoms with Crippen LogP contribution in [0.5, 0.6) is 5.75 Å². The molecule has 1 amide bonds. The summed E-state index contributed by atoms with van der Waals surface area (Å²) < 4.78 is 6.88. The van der Waals surface area contributed by atoms with Crippen LogP contribution in [0.4, 0.5) is 5.95 Å². The summed E-state index contributed by atoms with van der Waals surface area (Å²) in [5, 5.41) is 0. The second kappa shape index (κ2) is 8.97. The number of carbonyl (C=O) groups excluding carboxylic acids is 1. The van der Waals surface area contributed by atoms with Gasteiger partial charge in [0.25, 0.3) is 5.56 Å². The lowest BCUT2D eigenvalue weighted by Gasteiger charge is -2.42. The molecule has 0 unspecified atom stereocenters. The number of hydrogen-bond acceptors (Lipinski definition) is 5. The molecular weight excluding hydrogens is 428 g/mol. The fourth-order valence-corrected chi connectivity index (χ4v) is 5.48. The maximum Gasteiger partial charge on any atom is 0.263 e. The summed E-state index contributed by atoms with van der Waals surface area (Å²) >= 11 is 0. The van der Waals surface area contributed by atoms with Crippen molar-refractivity contribution in [2.24, 2.45) is 0 Å². The number of methoxy groups -OCH3 is 1. The van der Waals surface area contributed by atoms with Crippen molar-refractivity contribution in [3.63, 3.8) is 0 Å². The van der Waals surface area contributed by atoms with Crippen LogP contribution in [0, 0.1) is 0 Å². The molecule has 2 aromatic carbocycles. The molecule has 176 valence electrons. The number of nitrogens with one attached hydrogen (secondary N) is 2. The fraction of sp³-hybridized carbons (Fsp3) is 0.370. The van der Waals surface area contributed by atoms with E-state index >= 15 is 0 Å². The number of fused-ring (bicyclic) bond motifs is 4. The van der Waals surface area contributed by atoms with Gasteiger partial charge in [-0.05, 0) is 49.1 Å². The van der Waals surface area contributed by atoms with Gasteiger partial charge in [-0.15, -0.1) is 0 Å². The predicted octanol–water partition coefficient (Wildman–Crippen LogP) is 4.52. The Morgan fingerprint density at radius 3 is 2.53 bits per heavy atom. The molecule has 1 fully saturated rings. The summed E-state index contributed by atoms with van der Waals surface area (Å²) in [6.45, 7) is 1.77.